The van der Waals surface area contributed by atoms with Gasteiger partial charge in [0.1, 0.15) is 5.82 Å². The summed E-state index contributed by atoms with van der Waals surface area (Å²) in [5.41, 5.74) is 12.4. The summed E-state index contributed by atoms with van der Waals surface area (Å²) in [6.07, 6.45) is 2.38. The van der Waals surface area contributed by atoms with Crippen LogP contribution in [0.2, 0.25) is 0 Å². The lowest BCUT2D eigenvalue weighted by Gasteiger charge is -2.23. The van der Waals surface area contributed by atoms with Crippen molar-refractivity contribution in [2.45, 2.75) is 33.2 Å². The van der Waals surface area contributed by atoms with Gasteiger partial charge < -0.3 is 10.6 Å². The summed E-state index contributed by atoms with van der Waals surface area (Å²) in [5.74, 6) is -0.578. The van der Waals surface area contributed by atoms with E-state index in [9.17, 15) is 14.4 Å². The van der Waals surface area contributed by atoms with Crippen molar-refractivity contribution in [3.8, 4) is 28.3 Å². The van der Waals surface area contributed by atoms with Gasteiger partial charge in [-0.15, -0.1) is 0 Å². The lowest BCUT2D eigenvalue weighted by Crippen LogP contribution is -2.38. The molecule has 6 heteroatoms. The summed E-state index contributed by atoms with van der Waals surface area (Å²) in [6, 6.07) is 18.1. The fourth-order valence-corrected chi connectivity index (χ4v) is 4.53. The van der Waals surface area contributed by atoms with E-state index < -0.39 is 0 Å². The zero-order valence-electron chi connectivity index (χ0n) is 21.0. The zero-order valence-corrected chi connectivity index (χ0v) is 21.0. The molecule has 0 spiro atoms. The molecular formula is C30H29FN4O. The number of likely N-dealkylation sites (N-methyl/N-ethyl adjacent to an activating group) is 1. The van der Waals surface area contributed by atoms with Gasteiger partial charge in [-0.25, -0.2) is 4.39 Å². The molecule has 4 aromatic rings. The number of aromatic nitrogens is 1. The van der Waals surface area contributed by atoms with Crippen LogP contribution in [0.25, 0.3) is 33.2 Å². The number of amides is 1. The van der Waals surface area contributed by atoms with Crippen molar-refractivity contribution in [2.75, 3.05) is 13.6 Å². The van der Waals surface area contributed by atoms with E-state index in [-0.39, 0.29) is 17.8 Å². The number of hydrogen-bond donors (Lipinski definition) is 1. The molecule has 36 heavy (non-hydrogen) atoms. The monoisotopic (exact) mass is 480 g/mol. The van der Waals surface area contributed by atoms with Gasteiger partial charge in [-0.05, 0) is 78.4 Å². The first-order valence-corrected chi connectivity index (χ1v) is 11.9. The molecule has 0 aliphatic carbocycles. The van der Waals surface area contributed by atoms with Crippen molar-refractivity contribution in [2.24, 2.45) is 5.73 Å². The molecule has 5 nitrogen and oxygen atoms in total. The first kappa shape index (κ1) is 25.0. The zero-order chi connectivity index (χ0) is 26.0. The molecule has 3 aromatic carbocycles. The van der Waals surface area contributed by atoms with Crippen molar-refractivity contribution in [1.82, 2.24) is 9.88 Å². The lowest BCUT2D eigenvalue weighted by molar-refractivity contribution is 0.0788. The van der Waals surface area contributed by atoms with Crippen LogP contribution in [0, 0.1) is 31.0 Å². The Morgan fingerprint density at radius 3 is 2.58 bits per heavy atom. The minimum absolute atomic E-state index is 0.154. The van der Waals surface area contributed by atoms with Gasteiger partial charge in [-0.2, -0.15) is 5.26 Å². The van der Waals surface area contributed by atoms with E-state index in [0.717, 1.165) is 28.7 Å². The van der Waals surface area contributed by atoms with Crippen LogP contribution in [0.1, 0.15) is 40.4 Å². The number of hydrogen-bond acceptors (Lipinski definition) is 4. The third-order valence-electron chi connectivity index (χ3n) is 6.58. The Morgan fingerprint density at radius 1 is 1.11 bits per heavy atom. The second-order valence-corrected chi connectivity index (χ2v) is 9.24. The number of carbonyl (C=O) groups excluding carboxylic acids is 1. The number of nitrogens with zero attached hydrogens (tertiary/aromatic N) is 3. The van der Waals surface area contributed by atoms with E-state index in [0.29, 0.717) is 39.7 Å². The molecule has 0 saturated carbocycles. The third kappa shape index (κ3) is 4.84. The molecule has 1 atom stereocenters. The van der Waals surface area contributed by atoms with Crippen LogP contribution in [0.5, 0.6) is 0 Å². The number of pyridine rings is 1. The predicted octanol–water partition coefficient (Wildman–Crippen LogP) is 6.01. The number of rotatable bonds is 6. The maximum Gasteiger partial charge on any atom is 0.255 e. The van der Waals surface area contributed by atoms with Gasteiger partial charge in [0.25, 0.3) is 5.91 Å². The van der Waals surface area contributed by atoms with Crippen LogP contribution >= 0.6 is 0 Å². The first-order valence-electron chi connectivity index (χ1n) is 11.9. The van der Waals surface area contributed by atoms with Crippen LogP contribution in [-0.2, 0) is 0 Å². The number of aryl methyl sites for hydroxylation is 1. The maximum absolute atomic E-state index is 14.4. The van der Waals surface area contributed by atoms with Crippen LogP contribution in [0.3, 0.4) is 0 Å². The largest absolute Gasteiger partial charge is 0.340 e. The second kappa shape index (κ2) is 10.3. The van der Waals surface area contributed by atoms with Crippen molar-refractivity contribution in [3.05, 3.63) is 88.9 Å². The maximum atomic E-state index is 14.4. The van der Waals surface area contributed by atoms with Crippen molar-refractivity contribution >= 4 is 16.8 Å². The van der Waals surface area contributed by atoms with E-state index in [2.05, 4.69) is 11.1 Å². The Morgan fingerprint density at radius 2 is 1.89 bits per heavy atom. The molecule has 182 valence electrons. The predicted molar refractivity (Wildman–Crippen MR) is 142 cm³/mol. The van der Waals surface area contributed by atoms with E-state index in [4.69, 9.17) is 5.73 Å². The highest BCUT2D eigenvalue weighted by Gasteiger charge is 2.23. The Labute approximate surface area is 211 Å². The Balaban J connectivity index is 1.99. The Bertz CT molecular complexity index is 1490. The minimum Gasteiger partial charge on any atom is -0.340 e. The number of fused-ring (bicyclic) bond motifs is 1. The molecule has 0 bridgehead atoms. The van der Waals surface area contributed by atoms with E-state index in [1.807, 2.05) is 57.2 Å². The van der Waals surface area contributed by atoms with Crippen LogP contribution in [-0.4, -0.2) is 35.4 Å². The fourth-order valence-electron chi connectivity index (χ4n) is 4.53. The van der Waals surface area contributed by atoms with E-state index >= 15 is 0 Å². The van der Waals surface area contributed by atoms with Crippen molar-refractivity contribution < 1.29 is 9.18 Å². The van der Waals surface area contributed by atoms with Gasteiger partial charge in [-0.1, -0.05) is 31.2 Å². The van der Waals surface area contributed by atoms with Crippen LogP contribution in [0.4, 0.5) is 4.39 Å². The van der Waals surface area contributed by atoms with Gasteiger partial charge in [0.2, 0.25) is 0 Å². The second-order valence-electron chi connectivity index (χ2n) is 9.24. The number of carbonyl (C=O) groups is 1. The molecule has 1 aromatic heterocycles. The van der Waals surface area contributed by atoms with Crippen molar-refractivity contribution in [1.29, 1.82) is 5.26 Å². The summed E-state index contributed by atoms with van der Waals surface area (Å²) in [4.78, 5) is 20.1. The van der Waals surface area contributed by atoms with Gasteiger partial charge in [-0.3, -0.25) is 9.78 Å². The van der Waals surface area contributed by atoms with Crippen molar-refractivity contribution in [3.63, 3.8) is 0 Å². The van der Waals surface area contributed by atoms with Gasteiger partial charge in [0, 0.05) is 36.8 Å². The summed E-state index contributed by atoms with van der Waals surface area (Å²) in [6.45, 7) is 6.10. The average Bonchev–Trinajstić information content (AvgIpc) is 2.86. The molecule has 0 aliphatic rings. The quantitative estimate of drug-likeness (QED) is 0.367. The Kier molecular flexibility index (Phi) is 7.14. The molecule has 0 aliphatic heterocycles. The van der Waals surface area contributed by atoms with Crippen LogP contribution < -0.4 is 5.73 Å². The molecule has 0 fully saturated rings. The molecule has 4 rings (SSSR count). The summed E-state index contributed by atoms with van der Waals surface area (Å²) in [5, 5.41) is 10.2. The number of nitriles is 1. The molecule has 2 N–H and O–H groups in total. The SMILES string of the molecule is CC[C@H](N)CN(C)C(=O)c1c(-c2cc(C)cc(F)c2)cnc2ccc(-c3cccc(C#N)c3C)cc12. The highest BCUT2D eigenvalue weighted by Crippen LogP contribution is 2.34. The average molecular weight is 481 g/mol. The molecular weight excluding hydrogens is 451 g/mol. The lowest BCUT2D eigenvalue weighted by atomic mass is 9.92. The first-order chi connectivity index (χ1) is 17.2. The normalized spacial score (nSPS) is 11.8. The summed E-state index contributed by atoms with van der Waals surface area (Å²) < 4.78 is 14.4. The van der Waals surface area contributed by atoms with E-state index in [1.165, 1.54) is 12.1 Å². The highest BCUT2D eigenvalue weighted by molar-refractivity contribution is 6.12. The minimum atomic E-state index is -0.373. The Hall–Kier alpha value is -4.08. The molecule has 0 radical (unpaired) electrons. The summed E-state index contributed by atoms with van der Waals surface area (Å²) >= 11 is 0. The summed E-state index contributed by atoms with van der Waals surface area (Å²) in [7, 11) is 1.73. The van der Waals surface area contributed by atoms with Crippen LogP contribution in [0.15, 0.2) is 60.8 Å². The van der Waals surface area contributed by atoms with E-state index in [1.54, 1.807) is 24.2 Å². The van der Waals surface area contributed by atoms with Gasteiger partial charge in [0.15, 0.2) is 0 Å². The number of halogens is 1. The standard InChI is InChI=1S/C30H29FN4O/c1-5-24(33)17-35(4)30(36)29-26-14-20(25-8-6-7-21(15-32)19(25)3)9-10-28(26)34-16-27(29)22-11-18(2)12-23(31)13-22/h6-14,16,24H,5,17,33H2,1-4H3/t24-/m0/s1. The molecule has 0 saturated heterocycles. The third-order valence-corrected chi connectivity index (χ3v) is 6.58. The fraction of sp³-hybridized carbons (Fsp3) is 0.233. The number of nitrogens with two attached hydrogens (primary N) is 1. The smallest absolute Gasteiger partial charge is 0.255 e. The highest BCUT2D eigenvalue weighted by atomic mass is 19.1. The molecule has 1 heterocycles. The number of benzene rings is 3. The molecule has 1 amide bonds. The topological polar surface area (TPSA) is 83.0 Å². The molecule has 0 unspecified atom stereocenters. The van der Waals surface area contributed by atoms with Gasteiger partial charge in [0.05, 0.1) is 22.7 Å². The van der Waals surface area contributed by atoms with Gasteiger partial charge >= 0.3 is 0 Å².